The number of aromatic amines is 1. The quantitative estimate of drug-likeness (QED) is 0.478. The number of aromatic nitrogens is 2. The van der Waals surface area contributed by atoms with E-state index in [9.17, 15) is 4.79 Å². The van der Waals surface area contributed by atoms with Gasteiger partial charge in [-0.25, -0.2) is 9.78 Å². The number of hydrogen-bond acceptors (Lipinski definition) is 4. The van der Waals surface area contributed by atoms with Gasteiger partial charge in [-0.2, -0.15) is 0 Å². The van der Waals surface area contributed by atoms with Crippen LogP contribution in [-0.2, 0) is 24.2 Å². The monoisotopic (exact) mass is 457 g/mol. The lowest BCUT2D eigenvalue weighted by atomic mass is 9.87. The fourth-order valence-corrected chi connectivity index (χ4v) is 5.48. The second-order valence-electron chi connectivity index (χ2n) is 10.7. The van der Waals surface area contributed by atoms with Crippen molar-refractivity contribution in [3.05, 3.63) is 58.5 Å². The summed E-state index contributed by atoms with van der Waals surface area (Å²) in [6, 6.07) is 11.0. The molecule has 176 valence electrons. The summed E-state index contributed by atoms with van der Waals surface area (Å²) >= 11 is 0. The molecule has 0 saturated carbocycles. The molecule has 3 aromatic rings. The zero-order chi connectivity index (χ0) is 23.6. The van der Waals surface area contributed by atoms with Crippen LogP contribution in [0.15, 0.2) is 30.3 Å². The lowest BCUT2D eigenvalue weighted by molar-refractivity contribution is 0.0218. The van der Waals surface area contributed by atoms with Crippen molar-refractivity contribution in [2.75, 3.05) is 6.54 Å². The van der Waals surface area contributed by atoms with Crippen LogP contribution in [0.2, 0.25) is 0 Å². The van der Waals surface area contributed by atoms with Gasteiger partial charge in [-0.15, -0.1) is 0 Å². The van der Waals surface area contributed by atoms with Crippen LogP contribution in [0.5, 0.6) is 5.75 Å². The summed E-state index contributed by atoms with van der Waals surface area (Å²) in [7, 11) is 0. The number of aryl methyl sites for hydroxylation is 3. The fraction of sp³-hybridized carbons (Fsp3) is 0.429. The molecule has 6 nitrogen and oxygen atoms in total. The second kappa shape index (κ2) is 7.62. The van der Waals surface area contributed by atoms with Gasteiger partial charge in [0.05, 0.1) is 11.7 Å². The third-order valence-corrected chi connectivity index (χ3v) is 7.03. The van der Waals surface area contributed by atoms with Crippen LogP contribution >= 0.6 is 0 Å². The maximum absolute atomic E-state index is 12.8. The van der Waals surface area contributed by atoms with E-state index in [4.69, 9.17) is 14.5 Å². The van der Waals surface area contributed by atoms with Gasteiger partial charge < -0.3 is 14.5 Å². The summed E-state index contributed by atoms with van der Waals surface area (Å²) in [6.45, 7) is 9.12. The van der Waals surface area contributed by atoms with E-state index in [2.05, 4.69) is 42.2 Å². The first-order valence-electron chi connectivity index (χ1n) is 12.3. The largest absolute Gasteiger partial charge is 0.488 e. The van der Waals surface area contributed by atoms with Crippen molar-refractivity contribution in [2.45, 2.75) is 71.6 Å². The van der Waals surface area contributed by atoms with Gasteiger partial charge in [0.2, 0.25) is 0 Å². The molecule has 1 amide bonds. The van der Waals surface area contributed by atoms with Crippen molar-refractivity contribution >= 4 is 6.09 Å². The van der Waals surface area contributed by atoms with Gasteiger partial charge in [0.1, 0.15) is 23.8 Å². The molecule has 3 aliphatic rings. The van der Waals surface area contributed by atoms with Crippen molar-refractivity contribution in [3.63, 3.8) is 0 Å². The van der Waals surface area contributed by atoms with Crippen molar-refractivity contribution in [3.8, 4) is 28.1 Å². The molecule has 1 unspecified atom stereocenters. The molecule has 6 rings (SSSR count). The standard InChI is InChI=1S/C28H31N3O3/c1-16-7-9-19-18(12-16)15-33-24-14-20-17(13-21(19)24)8-10-22-25(20)30-26(29-22)23-6-5-11-31(23)27(32)34-28(2,3)4/h7,9,12-14,23H,5-6,8,10-11,15H2,1-4H3,(H,29,30). The van der Waals surface area contributed by atoms with E-state index in [1.165, 1.54) is 27.8 Å². The average molecular weight is 458 g/mol. The molecule has 0 bridgehead atoms. The van der Waals surface area contributed by atoms with Crippen molar-refractivity contribution in [1.82, 2.24) is 14.9 Å². The minimum absolute atomic E-state index is 0.0760. The first kappa shape index (κ1) is 21.3. The zero-order valence-electron chi connectivity index (χ0n) is 20.3. The van der Waals surface area contributed by atoms with Gasteiger partial charge in [0, 0.05) is 23.4 Å². The van der Waals surface area contributed by atoms with Crippen LogP contribution in [0.1, 0.15) is 67.9 Å². The highest BCUT2D eigenvalue weighted by Gasteiger charge is 2.36. The molecule has 1 atom stereocenters. The molecule has 3 heterocycles. The summed E-state index contributed by atoms with van der Waals surface area (Å²) in [5.41, 5.74) is 9.00. The Morgan fingerprint density at radius 1 is 1.12 bits per heavy atom. The van der Waals surface area contributed by atoms with Crippen molar-refractivity contribution < 1.29 is 14.3 Å². The Balaban J connectivity index is 1.35. The summed E-state index contributed by atoms with van der Waals surface area (Å²) < 4.78 is 11.8. The molecule has 34 heavy (non-hydrogen) atoms. The van der Waals surface area contributed by atoms with Gasteiger partial charge in [-0.1, -0.05) is 23.8 Å². The Bertz CT molecular complexity index is 1300. The lowest BCUT2D eigenvalue weighted by Gasteiger charge is -2.27. The molecule has 0 spiro atoms. The van der Waals surface area contributed by atoms with Crippen LogP contribution in [0, 0.1) is 6.92 Å². The average Bonchev–Trinajstić information content (AvgIpc) is 3.43. The highest BCUT2D eigenvalue weighted by Crippen LogP contribution is 2.44. The van der Waals surface area contributed by atoms with E-state index in [1.54, 1.807) is 0 Å². The van der Waals surface area contributed by atoms with E-state index in [0.717, 1.165) is 54.2 Å². The minimum atomic E-state index is -0.512. The topological polar surface area (TPSA) is 67.5 Å². The number of H-pyrrole nitrogens is 1. The molecule has 2 aliphatic heterocycles. The fourth-order valence-electron chi connectivity index (χ4n) is 5.48. The number of ether oxygens (including phenoxy) is 2. The number of benzene rings is 2. The molecule has 1 saturated heterocycles. The Hall–Kier alpha value is -3.28. The Morgan fingerprint density at radius 2 is 1.97 bits per heavy atom. The number of imidazole rings is 1. The third-order valence-electron chi connectivity index (χ3n) is 7.03. The normalized spacial score (nSPS) is 18.5. The van der Waals surface area contributed by atoms with Crippen molar-refractivity contribution in [1.29, 1.82) is 0 Å². The molecular formula is C28H31N3O3. The summed E-state index contributed by atoms with van der Waals surface area (Å²) in [5, 5.41) is 0. The van der Waals surface area contributed by atoms with Crippen LogP contribution < -0.4 is 4.74 Å². The van der Waals surface area contributed by atoms with Crippen LogP contribution in [0.4, 0.5) is 4.79 Å². The van der Waals surface area contributed by atoms with Gasteiger partial charge in [0.25, 0.3) is 0 Å². The third kappa shape index (κ3) is 3.56. The summed E-state index contributed by atoms with van der Waals surface area (Å²) in [4.78, 5) is 23.3. The molecule has 1 aromatic heterocycles. The number of likely N-dealkylation sites (tertiary alicyclic amines) is 1. The molecule has 1 N–H and O–H groups in total. The van der Waals surface area contributed by atoms with E-state index in [0.29, 0.717) is 13.2 Å². The maximum Gasteiger partial charge on any atom is 0.410 e. The molecule has 1 aliphatic carbocycles. The van der Waals surface area contributed by atoms with E-state index < -0.39 is 5.60 Å². The van der Waals surface area contributed by atoms with Gasteiger partial charge >= 0.3 is 6.09 Å². The number of amides is 1. The molecular weight excluding hydrogens is 426 g/mol. The van der Waals surface area contributed by atoms with E-state index in [-0.39, 0.29) is 12.1 Å². The smallest absolute Gasteiger partial charge is 0.410 e. The number of nitrogens with one attached hydrogen (secondary N) is 1. The van der Waals surface area contributed by atoms with Crippen LogP contribution in [0.25, 0.3) is 22.4 Å². The van der Waals surface area contributed by atoms with E-state index in [1.807, 2.05) is 25.7 Å². The molecule has 0 radical (unpaired) electrons. The molecule has 1 fully saturated rings. The number of nitrogens with zero attached hydrogens (tertiary/aromatic N) is 2. The summed E-state index contributed by atoms with van der Waals surface area (Å²) in [6.07, 6.45) is 3.45. The summed E-state index contributed by atoms with van der Waals surface area (Å²) in [5.74, 6) is 1.78. The predicted octanol–water partition coefficient (Wildman–Crippen LogP) is 6.12. The molecule has 2 aromatic carbocycles. The first-order chi connectivity index (χ1) is 16.3. The molecule has 6 heteroatoms. The second-order valence-corrected chi connectivity index (χ2v) is 10.7. The Morgan fingerprint density at radius 3 is 2.79 bits per heavy atom. The number of carbonyl (C=O) groups is 1. The number of carbonyl (C=O) groups excluding carboxylic acids is 1. The van der Waals surface area contributed by atoms with E-state index >= 15 is 0 Å². The maximum atomic E-state index is 12.8. The van der Waals surface area contributed by atoms with Gasteiger partial charge in [0.15, 0.2) is 0 Å². The first-order valence-corrected chi connectivity index (χ1v) is 12.3. The zero-order valence-corrected chi connectivity index (χ0v) is 20.3. The Labute approximate surface area is 200 Å². The number of hydrogen-bond donors (Lipinski definition) is 1. The van der Waals surface area contributed by atoms with Crippen LogP contribution in [-0.4, -0.2) is 33.1 Å². The Kier molecular flexibility index (Phi) is 4.77. The van der Waals surface area contributed by atoms with Crippen molar-refractivity contribution in [2.24, 2.45) is 0 Å². The highest BCUT2D eigenvalue weighted by atomic mass is 16.6. The minimum Gasteiger partial charge on any atom is -0.488 e. The van der Waals surface area contributed by atoms with Crippen LogP contribution in [0.3, 0.4) is 0 Å². The predicted molar refractivity (Wildman–Crippen MR) is 131 cm³/mol. The van der Waals surface area contributed by atoms with Gasteiger partial charge in [-0.3, -0.25) is 4.90 Å². The number of fused-ring (bicyclic) bond motifs is 6. The number of rotatable bonds is 1. The lowest BCUT2D eigenvalue weighted by Crippen LogP contribution is -2.36. The SMILES string of the molecule is Cc1ccc2c(c1)COc1cc3c(cc1-2)CCc1[nH]c(C2CCCN2C(=O)OC(C)(C)C)nc1-3. The van der Waals surface area contributed by atoms with Gasteiger partial charge in [-0.05, 0) is 82.2 Å². The highest BCUT2D eigenvalue weighted by molar-refractivity contribution is 5.82.